The van der Waals surface area contributed by atoms with Crippen molar-refractivity contribution in [3.05, 3.63) is 18.2 Å². The van der Waals surface area contributed by atoms with Gasteiger partial charge in [0.05, 0.1) is 6.54 Å². The van der Waals surface area contributed by atoms with Crippen LogP contribution in [0, 0.1) is 5.92 Å². The first-order chi connectivity index (χ1) is 12.6. The SMILES string of the molecule is Cl.Cl.O=C(CC1CC2CCC(C1)N2)N1CCN(Cc2nccn2C(F)F)CC1. The van der Waals surface area contributed by atoms with Gasteiger partial charge in [0.1, 0.15) is 5.82 Å². The fourth-order valence-electron chi connectivity index (χ4n) is 4.72. The van der Waals surface area contributed by atoms with Gasteiger partial charge in [-0.25, -0.2) is 4.98 Å². The van der Waals surface area contributed by atoms with Crippen LogP contribution in [0.15, 0.2) is 12.4 Å². The maximum absolute atomic E-state index is 12.9. The molecule has 0 aliphatic carbocycles. The van der Waals surface area contributed by atoms with E-state index < -0.39 is 6.55 Å². The zero-order valence-corrected chi connectivity index (χ0v) is 17.4. The summed E-state index contributed by atoms with van der Waals surface area (Å²) in [6.45, 7) is 0.601. The molecule has 3 aliphatic rings. The lowest BCUT2D eigenvalue weighted by atomic mass is 9.89. The fourth-order valence-corrected chi connectivity index (χ4v) is 4.72. The van der Waals surface area contributed by atoms with Gasteiger partial charge in [0, 0.05) is 57.1 Å². The lowest BCUT2D eigenvalue weighted by Crippen LogP contribution is -2.49. The number of piperidine rings is 1. The molecule has 0 radical (unpaired) electrons. The highest BCUT2D eigenvalue weighted by Crippen LogP contribution is 2.33. The van der Waals surface area contributed by atoms with Gasteiger partial charge in [-0.3, -0.25) is 14.3 Å². The van der Waals surface area contributed by atoms with Crippen LogP contribution < -0.4 is 5.32 Å². The molecule has 0 spiro atoms. The van der Waals surface area contributed by atoms with Crippen LogP contribution in [0.5, 0.6) is 0 Å². The minimum Gasteiger partial charge on any atom is -0.340 e. The Kier molecular flexibility index (Phi) is 8.48. The Balaban J connectivity index is 0.00000140. The van der Waals surface area contributed by atoms with Crippen LogP contribution in [0.25, 0.3) is 0 Å². The Labute approximate surface area is 176 Å². The van der Waals surface area contributed by atoms with Crippen molar-refractivity contribution >= 4 is 30.7 Å². The molecule has 3 saturated heterocycles. The number of alkyl halides is 2. The maximum atomic E-state index is 12.9. The number of fused-ring (bicyclic) bond motifs is 2. The number of imidazole rings is 1. The van der Waals surface area contributed by atoms with Crippen molar-refractivity contribution in [3.8, 4) is 0 Å². The van der Waals surface area contributed by atoms with Crippen LogP contribution in [0.2, 0.25) is 0 Å². The van der Waals surface area contributed by atoms with Gasteiger partial charge in [-0.2, -0.15) is 8.78 Å². The average Bonchev–Trinajstić information content (AvgIpc) is 3.22. The molecule has 3 aliphatic heterocycles. The van der Waals surface area contributed by atoms with Crippen LogP contribution in [0.3, 0.4) is 0 Å². The molecule has 28 heavy (non-hydrogen) atoms. The Morgan fingerprint density at radius 2 is 1.79 bits per heavy atom. The molecule has 4 rings (SSSR count). The number of hydrogen-bond acceptors (Lipinski definition) is 4. The minimum absolute atomic E-state index is 0. The molecular weight excluding hydrogens is 411 g/mol. The second-order valence-corrected chi connectivity index (χ2v) is 7.86. The smallest absolute Gasteiger partial charge is 0.319 e. The van der Waals surface area contributed by atoms with E-state index in [-0.39, 0.29) is 30.7 Å². The number of rotatable bonds is 5. The summed E-state index contributed by atoms with van der Waals surface area (Å²) in [6.07, 6.45) is 8.13. The molecule has 6 nitrogen and oxygen atoms in total. The predicted octanol–water partition coefficient (Wildman–Crippen LogP) is 2.69. The van der Waals surface area contributed by atoms with Crippen molar-refractivity contribution in [3.63, 3.8) is 0 Å². The van der Waals surface area contributed by atoms with Crippen LogP contribution >= 0.6 is 24.8 Å². The quantitative estimate of drug-likeness (QED) is 0.765. The zero-order valence-electron chi connectivity index (χ0n) is 15.8. The summed E-state index contributed by atoms with van der Waals surface area (Å²) in [7, 11) is 0. The molecule has 4 heterocycles. The highest BCUT2D eigenvalue weighted by atomic mass is 35.5. The molecule has 0 saturated carbocycles. The summed E-state index contributed by atoms with van der Waals surface area (Å²) in [4.78, 5) is 20.7. The molecule has 2 unspecified atom stereocenters. The molecule has 3 fully saturated rings. The third-order valence-electron chi connectivity index (χ3n) is 6.08. The minimum atomic E-state index is -2.56. The standard InChI is InChI=1S/C18H27F2N5O.2ClH/c19-18(20)25-4-3-21-16(25)12-23-5-7-24(8-6-23)17(26)11-13-9-14-1-2-15(10-13)22-14;;/h3-4,13-15,18,22H,1-2,5-12H2;2*1H. The normalized spacial score (nSPS) is 27.4. The monoisotopic (exact) mass is 439 g/mol. The number of hydrogen-bond donors (Lipinski definition) is 1. The van der Waals surface area contributed by atoms with E-state index in [9.17, 15) is 13.6 Å². The molecule has 1 amide bonds. The fraction of sp³-hybridized carbons (Fsp3) is 0.778. The summed E-state index contributed by atoms with van der Waals surface area (Å²) in [5.74, 6) is 1.15. The summed E-state index contributed by atoms with van der Waals surface area (Å²) >= 11 is 0. The van der Waals surface area contributed by atoms with Crippen molar-refractivity contribution in [2.45, 2.75) is 57.3 Å². The van der Waals surface area contributed by atoms with Gasteiger partial charge in [0.25, 0.3) is 0 Å². The Bertz CT molecular complexity index is 627. The lowest BCUT2D eigenvalue weighted by Gasteiger charge is -2.36. The van der Waals surface area contributed by atoms with Crippen LogP contribution in [-0.4, -0.2) is 63.5 Å². The third-order valence-corrected chi connectivity index (χ3v) is 6.08. The Morgan fingerprint density at radius 1 is 1.14 bits per heavy atom. The summed E-state index contributed by atoms with van der Waals surface area (Å²) in [5.41, 5.74) is 0. The van der Waals surface area contributed by atoms with Gasteiger partial charge in [0.15, 0.2) is 0 Å². The molecule has 10 heteroatoms. The van der Waals surface area contributed by atoms with Gasteiger partial charge < -0.3 is 10.2 Å². The number of amides is 1. The summed E-state index contributed by atoms with van der Waals surface area (Å²) in [5, 5.41) is 3.62. The van der Waals surface area contributed by atoms with Gasteiger partial charge in [0.2, 0.25) is 5.91 Å². The first kappa shape index (κ1) is 23.3. The number of nitrogens with one attached hydrogen (secondary N) is 1. The summed E-state index contributed by atoms with van der Waals surface area (Å²) < 4.78 is 26.7. The van der Waals surface area contributed by atoms with Crippen molar-refractivity contribution < 1.29 is 13.6 Å². The largest absolute Gasteiger partial charge is 0.340 e. The second kappa shape index (κ2) is 10.2. The van der Waals surface area contributed by atoms with Crippen LogP contribution in [0.1, 0.15) is 44.5 Å². The molecule has 1 aromatic rings. The Morgan fingerprint density at radius 3 is 2.39 bits per heavy atom. The van der Waals surface area contributed by atoms with E-state index >= 15 is 0 Å². The van der Waals surface area contributed by atoms with E-state index in [0.29, 0.717) is 63.0 Å². The molecule has 0 aromatic carbocycles. The highest BCUT2D eigenvalue weighted by molar-refractivity contribution is 5.85. The van der Waals surface area contributed by atoms with E-state index in [1.54, 1.807) is 0 Å². The van der Waals surface area contributed by atoms with Crippen molar-refractivity contribution in [2.24, 2.45) is 5.92 Å². The highest BCUT2D eigenvalue weighted by Gasteiger charge is 2.35. The molecular formula is C18H29Cl2F2N5O. The van der Waals surface area contributed by atoms with Gasteiger partial charge >= 0.3 is 6.55 Å². The first-order valence-corrected chi connectivity index (χ1v) is 9.64. The molecule has 160 valence electrons. The van der Waals surface area contributed by atoms with Crippen molar-refractivity contribution in [1.29, 1.82) is 0 Å². The molecule has 2 bridgehead atoms. The zero-order chi connectivity index (χ0) is 18.1. The topological polar surface area (TPSA) is 53.4 Å². The molecule has 1 N–H and O–H groups in total. The first-order valence-electron chi connectivity index (χ1n) is 9.64. The van der Waals surface area contributed by atoms with E-state index in [1.165, 1.54) is 25.2 Å². The third kappa shape index (κ3) is 5.34. The van der Waals surface area contributed by atoms with Crippen LogP contribution in [0.4, 0.5) is 8.78 Å². The summed E-state index contributed by atoms with van der Waals surface area (Å²) in [6, 6.07) is 1.23. The van der Waals surface area contributed by atoms with E-state index in [1.807, 2.05) is 4.90 Å². The lowest BCUT2D eigenvalue weighted by molar-refractivity contribution is -0.134. The predicted molar refractivity (Wildman–Crippen MR) is 107 cm³/mol. The van der Waals surface area contributed by atoms with Crippen LogP contribution in [-0.2, 0) is 11.3 Å². The number of aromatic nitrogens is 2. The van der Waals surface area contributed by atoms with Gasteiger partial charge in [-0.05, 0) is 31.6 Å². The maximum Gasteiger partial charge on any atom is 0.319 e. The van der Waals surface area contributed by atoms with E-state index in [0.717, 1.165) is 17.4 Å². The van der Waals surface area contributed by atoms with Crippen molar-refractivity contribution in [1.82, 2.24) is 24.7 Å². The van der Waals surface area contributed by atoms with E-state index in [2.05, 4.69) is 15.2 Å². The van der Waals surface area contributed by atoms with Gasteiger partial charge in [-0.15, -0.1) is 24.8 Å². The average molecular weight is 440 g/mol. The number of carbonyl (C=O) groups is 1. The Hall–Kier alpha value is -0.960. The molecule has 1 aromatic heterocycles. The number of nitrogens with zero attached hydrogens (tertiary/aromatic N) is 4. The number of halogens is 4. The molecule has 2 atom stereocenters. The van der Waals surface area contributed by atoms with Crippen molar-refractivity contribution in [2.75, 3.05) is 26.2 Å². The number of piperazine rings is 1. The second-order valence-electron chi connectivity index (χ2n) is 7.86. The number of carbonyl (C=O) groups excluding carboxylic acids is 1. The van der Waals surface area contributed by atoms with Gasteiger partial charge in [-0.1, -0.05) is 0 Å². The van der Waals surface area contributed by atoms with E-state index in [4.69, 9.17) is 0 Å².